The van der Waals surface area contributed by atoms with Gasteiger partial charge in [-0.1, -0.05) is 86.7 Å². The van der Waals surface area contributed by atoms with E-state index in [1.165, 1.54) is 0 Å². The Kier molecular flexibility index (Phi) is 9.94. The minimum atomic E-state index is -1.18. The molecule has 3 amide bonds. The van der Waals surface area contributed by atoms with Crippen LogP contribution < -0.4 is 0 Å². The van der Waals surface area contributed by atoms with Crippen molar-refractivity contribution in [1.29, 1.82) is 0 Å². The van der Waals surface area contributed by atoms with Crippen LogP contribution in [-0.4, -0.2) is 87.1 Å². The van der Waals surface area contributed by atoms with Gasteiger partial charge in [0.05, 0.1) is 30.1 Å². The lowest BCUT2D eigenvalue weighted by atomic mass is 9.64. The van der Waals surface area contributed by atoms with Crippen LogP contribution in [0.15, 0.2) is 86.0 Å². The van der Waals surface area contributed by atoms with E-state index < -0.39 is 35.1 Å². The number of rotatable bonds is 15. The smallest absolute Gasteiger partial charge is 0.249 e. The largest absolute Gasteiger partial charge is 0.394 e. The monoisotopic (exact) mass is 613 g/mol. The maximum atomic E-state index is 14.9. The number of aliphatic hydroxyl groups is 1. The van der Waals surface area contributed by atoms with Crippen LogP contribution in [0.5, 0.6) is 0 Å². The quantitative estimate of drug-likeness (QED) is 0.301. The normalized spacial score (nSPS) is 27.2. The molecule has 2 bridgehead atoms. The van der Waals surface area contributed by atoms with E-state index >= 15 is 0 Å². The zero-order valence-corrected chi connectivity index (χ0v) is 26.6. The van der Waals surface area contributed by atoms with E-state index in [-0.39, 0.29) is 30.9 Å². The predicted molar refractivity (Wildman–Crippen MR) is 174 cm³/mol. The molecule has 2 aromatic carbocycles. The van der Waals surface area contributed by atoms with Gasteiger partial charge in [0.1, 0.15) is 11.6 Å². The highest BCUT2D eigenvalue weighted by Gasteiger charge is 2.79. The van der Waals surface area contributed by atoms with Crippen molar-refractivity contribution in [1.82, 2.24) is 14.7 Å². The van der Waals surface area contributed by atoms with Crippen molar-refractivity contribution in [3.05, 3.63) is 97.1 Å². The van der Waals surface area contributed by atoms with E-state index in [0.717, 1.165) is 17.5 Å². The minimum Gasteiger partial charge on any atom is -0.394 e. The number of aliphatic hydroxyl groups excluding tert-OH is 1. The Labute approximate surface area is 267 Å². The number of fused-ring (bicyclic) bond motifs is 1. The molecule has 45 heavy (non-hydrogen) atoms. The highest BCUT2D eigenvalue weighted by atomic mass is 16.5. The Morgan fingerprint density at radius 2 is 1.60 bits per heavy atom. The first-order valence-corrected chi connectivity index (χ1v) is 16.3. The van der Waals surface area contributed by atoms with Crippen LogP contribution in [0.4, 0.5) is 0 Å². The number of amides is 3. The number of hydrogen-bond acceptors (Lipinski definition) is 5. The first kappa shape index (κ1) is 32.6. The van der Waals surface area contributed by atoms with Crippen molar-refractivity contribution >= 4 is 17.7 Å². The number of benzene rings is 2. The predicted octanol–water partition coefficient (Wildman–Crippen LogP) is 4.38. The molecule has 3 aliphatic rings. The molecule has 240 valence electrons. The van der Waals surface area contributed by atoms with Gasteiger partial charge in [0, 0.05) is 26.2 Å². The first-order valence-electron chi connectivity index (χ1n) is 16.3. The second-order valence-corrected chi connectivity index (χ2v) is 12.7. The third-order valence-electron chi connectivity index (χ3n) is 10.1. The van der Waals surface area contributed by atoms with E-state index in [4.69, 9.17) is 4.74 Å². The number of nitrogens with zero attached hydrogens (tertiary/aromatic N) is 3. The lowest BCUT2D eigenvalue weighted by Crippen LogP contribution is -2.59. The van der Waals surface area contributed by atoms with E-state index in [0.29, 0.717) is 45.3 Å². The van der Waals surface area contributed by atoms with E-state index in [9.17, 15) is 19.5 Å². The first-order chi connectivity index (χ1) is 21.8. The molecule has 3 heterocycles. The molecular weight excluding hydrogens is 566 g/mol. The van der Waals surface area contributed by atoms with Gasteiger partial charge in [-0.05, 0) is 43.2 Å². The summed E-state index contributed by atoms with van der Waals surface area (Å²) in [4.78, 5) is 49.3. The Hall–Kier alpha value is -3.75. The Morgan fingerprint density at radius 1 is 0.978 bits per heavy atom. The van der Waals surface area contributed by atoms with Crippen LogP contribution in [0.2, 0.25) is 0 Å². The van der Waals surface area contributed by atoms with Crippen molar-refractivity contribution in [2.24, 2.45) is 11.8 Å². The van der Waals surface area contributed by atoms with Gasteiger partial charge in [0.25, 0.3) is 0 Å². The van der Waals surface area contributed by atoms with E-state index in [1.54, 1.807) is 26.9 Å². The second-order valence-electron chi connectivity index (χ2n) is 12.7. The fourth-order valence-electron chi connectivity index (χ4n) is 8.12. The number of ether oxygens (including phenoxy) is 1. The van der Waals surface area contributed by atoms with E-state index in [2.05, 4.69) is 13.2 Å². The molecule has 8 nitrogen and oxygen atoms in total. The van der Waals surface area contributed by atoms with Gasteiger partial charge in [0.2, 0.25) is 17.7 Å². The molecule has 3 fully saturated rings. The van der Waals surface area contributed by atoms with Crippen LogP contribution in [0, 0.1) is 11.8 Å². The highest BCUT2D eigenvalue weighted by molar-refractivity contribution is 5.99. The molecule has 3 aliphatic heterocycles. The summed E-state index contributed by atoms with van der Waals surface area (Å²) in [5, 5.41) is 10.8. The maximum absolute atomic E-state index is 14.9. The lowest BCUT2D eigenvalue weighted by Gasteiger charge is -2.39. The third kappa shape index (κ3) is 5.74. The van der Waals surface area contributed by atoms with Crippen LogP contribution in [0.3, 0.4) is 0 Å². The standard InChI is InChI=1S/C37H47N3O5/c1-5-21-38(22-6-2)33(42)30-31-34(43)40(29(26-41)24-27-15-11-9-12-16-27)32(37(31)20-19-36(30,8-4)45-37)35(44)39(23-7-3)25-28-17-13-10-14-18-28/h5,7,9-18,29-32,41H,1,3,6,8,19-26H2,2,4H3/t29-,30+,31+,32?,36-,37?/m1/s1. The number of likely N-dealkylation sites (tertiary alicyclic amines) is 1. The summed E-state index contributed by atoms with van der Waals surface area (Å²) in [6.07, 6.45) is 6.16. The number of carbonyl (C=O) groups is 3. The third-order valence-corrected chi connectivity index (χ3v) is 10.1. The summed E-state index contributed by atoms with van der Waals surface area (Å²) in [5.74, 6) is -2.22. The van der Waals surface area contributed by atoms with Gasteiger partial charge in [-0.3, -0.25) is 14.4 Å². The molecule has 3 saturated heterocycles. The lowest BCUT2D eigenvalue weighted by molar-refractivity contribution is -0.158. The minimum absolute atomic E-state index is 0.123. The number of carbonyl (C=O) groups excluding carboxylic acids is 3. The van der Waals surface area contributed by atoms with Gasteiger partial charge in [0.15, 0.2) is 0 Å². The summed E-state index contributed by atoms with van der Waals surface area (Å²) < 4.78 is 7.03. The summed E-state index contributed by atoms with van der Waals surface area (Å²) in [7, 11) is 0. The molecule has 1 N–H and O–H groups in total. The van der Waals surface area contributed by atoms with Gasteiger partial charge in [-0.2, -0.15) is 0 Å². The van der Waals surface area contributed by atoms with Gasteiger partial charge < -0.3 is 24.5 Å². The molecule has 0 saturated carbocycles. The SMILES string of the molecule is C=CCN(Cc1ccccc1)C(=O)C1N([C@@H](CO)Cc2ccccc2)C(=O)[C@@H]2[C@@H](C(=O)N(CC=C)CCC)[C@@]3(CC)CCC12O3. The molecule has 0 aromatic heterocycles. The average molecular weight is 614 g/mol. The molecule has 2 aromatic rings. The highest BCUT2D eigenvalue weighted by Crippen LogP contribution is 2.65. The van der Waals surface area contributed by atoms with E-state index in [1.807, 2.05) is 74.5 Å². The van der Waals surface area contributed by atoms with Gasteiger partial charge in [-0.25, -0.2) is 0 Å². The van der Waals surface area contributed by atoms with Crippen molar-refractivity contribution in [2.45, 2.75) is 75.8 Å². The second kappa shape index (κ2) is 13.7. The molecule has 0 aliphatic carbocycles. The molecule has 8 heteroatoms. The Morgan fingerprint density at radius 3 is 2.18 bits per heavy atom. The Bertz CT molecular complexity index is 1380. The van der Waals surface area contributed by atoms with Crippen LogP contribution >= 0.6 is 0 Å². The summed E-state index contributed by atoms with van der Waals surface area (Å²) in [5.41, 5.74) is -0.127. The van der Waals surface area contributed by atoms with Gasteiger partial charge >= 0.3 is 0 Å². The number of hydrogen-bond donors (Lipinski definition) is 1. The molecule has 2 unspecified atom stereocenters. The summed E-state index contributed by atoms with van der Waals surface area (Å²) in [6, 6.07) is 17.7. The van der Waals surface area contributed by atoms with Crippen LogP contribution in [-0.2, 0) is 32.1 Å². The summed E-state index contributed by atoms with van der Waals surface area (Å²) in [6.45, 7) is 13.0. The van der Waals surface area contributed by atoms with Crippen LogP contribution in [0.25, 0.3) is 0 Å². The summed E-state index contributed by atoms with van der Waals surface area (Å²) >= 11 is 0. The van der Waals surface area contributed by atoms with Crippen molar-refractivity contribution < 1.29 is 24.2 Å². The van der Waals surface area contributed by atoms with Crippen molar-refractivity contribution in [3.8, 4) is 0 Å². The molecule has 0 radical (unpaired) electrons. The fourth-order valence-corrected chi connectivity index (χ4v) is 8.12. The van der Waals surface area contributed by atoms with Crippen LogP contribution in [0.1, 0.15) is 50.7 Å². The topological polar surface area (TPSA) is 90.4 Å². The molecule has 1 spiro atoms. The molecule has 5 rings (SSSR count). The fraction of sp³-hybridized carbons (Fsp3) is 0.486. The zero-order chi connectivity index (χ0) is 32.2. The Balaban J connectivity index is 1.62. The molecular formula is C37H47N3O5. The molecule has 6 atom stereocenters. The van der Waals surface area contributed by atoms with Crippen molar-refractivity contribution in [3.63, 3.8) is 0 Å². The zero-order valence-electron chi connectivity index (χ0n) is 26.6. The van der Waals surface area contributed by atoms with Crippen molar-refractivity contribution in [2.75, 3.05) is 26.2 Å². The van der Waals surface area contributed by atoms with Gasteiger partial charge in [-0.15, -0.1) is 13.2 Å². The average Bonchev–Trinajstić information content (AvgIpc) is 3.67. The maximum Gasteiger partial charge on any atom is 0.249 e.